The van der Waals surface area contributed by atoms with E-state index in [4.69, 9.17) is 9.84 Å². The van der Waals surface area contributed by atoms with E-state index in [1.165, 1.54) is 49.3 Å². The molecular formula is C41H48N8O7. The smallest absolute Gasteiger partial charge is 0.348 e. The summed E-state index contributed by atoms with van der Waals surface area (Å²) in [5.74, 6) is -0.00759. The van der Waals surface area contributed by atoms with Crippen LogP contribution in [0.4, 0.5) is 5.69 Å². The molecule has 1 saturated carbocycles. The first-order valence-corrected chi connectivity index (χ1v) is 20.0. The Bertz CT molecular complexity index is 2270. The maximum Gasteiger partial charge on any atom is 0.348 e. The van der Waals surface area contributed by atoms with Gasteiger partial charge in [0.1, 0.15) is 17.6 Å². The number of likely N-dealkylation sites (tertiary alicyclic amines) is 1. The number of hydrogen-bond donors (Lipinski definition) is 4. The van der Waals surface area contributed by atoms with Crippen LogP contribution in [-0.4, -0.2) is 92.0 Å². The number of hydrogen-bond acceptors (Lipinski definition) is 10. The number of aromatic amines is 2. The molecule has 56 heavy (non-hydrogen) atoms. The second-order valence-corrected chi connectivity index (χ2v) is 15.5. The van der Waals surface area contributed by atoms with Gasteiger partial charge >= 0.3 is 5.69 Å². The molecule has 2 atom stereocenters. The van der Waals surface area contributed by atoms with Crippen LogP contribution in [0.15, 0.2) is 52.1 Å². The molecule has 0 spiro atoms. The van der Waals surface area contributed by atoms with Crippen molar-refractivity contribution in [3.05, 3.63) is 80.3 Å². The fourth-order valence-electron chi connectivity index (χ4n) is 8.82. The third-order valence-corrected chi connectivity index (χ3v) is 11.8. The second-order valence-electron chi connectivity index (χ2n) is 15.5. The Labute approximate surface area is 323 Å². The first-order valence-electron chi connectivity index (χ1n) is 20.0. The van der Waals surface area contributed by atoms with Gasteiger partial charge in [0.05, 0.1) is 28.9 Å². The third kappa shape index (κ3) is 7.64. The molecule has 4 aliphatic rings. The number of pyridine rings is 1. The second kappa shape index (κ2) is 16.3. The molecule has 4 N–H and O–H groups in total. The van der Waals surface area contributed by atoms with E-state index in [9.17, 15) is 28.8 Å². The van der Waals surface area contributed by atoms with Crippen LogP contribution in [0.5, 0.6) is 5.75 Å². The highest BCUT2D eigenvalue weighted by Crippen LogP contribution is 2.33. The predicted molar refractivity (Wildman–Crippen MR) is 208 cm³/mol. The monoisotopic (exact) mass is 764 g/mol. The molecule has 5 heterocycles. The quantitative estimate of drug-likeness (QED) is 0.113. The number of imide groups is 2. The molecule has 15 heteroatoms. The number of carbonyl (C=O) groups excluding carboxylic acids is 4. The van der Waals surface area contributed by atoms with Gasteiger partial charge in [-0.05, 0) is 87.9 Å². The Morgan fingerprint density at radius 2 is 1.71 bits per heavy atom. The van der Waals surface area contributed by atoms with E-state index in [0.29, 0.717) is 59.8 Å². The highest BCUT2D eigenvalue weighted by atomic mass is 16.5. The zero-order valence-corrected chi connectivity index (χ0v) is 31.4. The molecule has 0 bridgehead atoms. The summed E-state index contributed by atoms with van der Waals surface area (Å²) in [7, 11) is 0. The molecular weight excluding hydrogens is 717 g/mol. The van der Waals surface area contributed by atoms with Gasteiger partial charge < -0.3 is 19.9 Å². The highest BCUT2D eigenvalue weighted by molar-refractivity contribution is 6.25. The van der Waals surface area contributed by atoms with Crippen molar-refractivity contribution in [3.8, 4) is 11.4 Å². The summed E-state index contributed by atoms with van der Waals surface area (Å²) in [6.45, 7) is 3.86. The number of H-pyrrole nitrogens is 2. The van der Waals surface area contributed by atoms with Crippen LogP contribution >= 0.6 is 0 Å². The number of aromatic nitrogens is 4. The molecule has 3 fully saturated rings. The topological polar surface area (TPSA) is 192 Å². The minimum absolute atomic E-state index is 0.0551. The molecule has 4 aromatic rings. The van der Waals surface area contributed by atoms with Crippen molar-refractivity contribution in [1.82, 2.24) is 34.9 Å². The average molecular weight is 765 g/mol. The van der Waals surface area contributed by atoms with E-state index in [-0.39, 0.29) is 41.1 Å². The summed E-state index contributed by atoms with van der Waals surface area (Å²) >= 11 is 0. The molecule has 294 valence electrons. The van der Waals surface area contributed by atoms with Crippen LogP contribution in [0.25, 0.3) is 16.6 Å². The van der Waals surface area contributed by atoms with Gasteiger partial charge in [-0.3, -0.25) is 39.2 Å². The summed E-state index contributed by atoms with van der Waals surface area (Å²) in [4.78, 5) is 85.9. The molecule has 3 aliphatic heterocycles. The van der Waals surface area contributed by atoms with Crippen LogP contribution in [0.3, 0.4) is 0 Å². The van der Waals surface area contributed by atoms with Crippen LogP contribution in [0, 0.1) is 5.92 Å². The Morgan fingerprint density at radius 3 is 2.55 bits per heavy atom. The van der Waals surface area contributed by atoms with E-state index < -0.39 is 29.7 Å². The Balaban J connectivity index is 0.883. The van der Waals surface area contributed by atoms with Gasteiger partial charge in [-0.15, -0.1) is 5.10 Å². The zero-order valence-electron chi connectivity index (χ0n) is 31.4. The summed E-state index contributed by atoms with van der Waals surface area (Å²) < 4.78 is 7.52. The van der Waals surface area contributed by atoms with Gasteiger partial charge in [0.15, 0.2) is 0 Å². The van der Waals surface area contributed by atoms with Crippen LogP contribution < -0.4 is 26.6 Å². The minimum atomic E-state index is -1.03. The average Bonchev–Trinajstić information content (AvgIpc) is 3.71. The predicted octanol–water partition coefficient (Wildman–Crippen LogP) is 4.22. The number of nitrogens with zero attached hydrogens (tertiary/aromatic N) is 4. The van der Waals surface area contributed by atoms with Crippen molar-refractivity contribution in [2.75, 3.05) is 38.1 Å². The van der Waals surface area contributed by atoms with Crippen LogP contribution in [0.2, 0.25) is 0 Å². The Morgan fingerprint density at radius 1 is 0.857 bits per heavy atom. The van der Waals surface area contributed by atoms with Gasteiger partial charge in [0.2, 0.25) is 17.4 Å². The largest absolute Gasteiger partial charge is 0.493 e. The van der Waals surface area contributed by atoms with Crippen molar-refractivity contribution in [3.63, 3.8) is 0 Å². The number of amides is 4. The number of benzene rings is 2. The fourth-order valence-corrected chi connectivity index (χ4v) is 8.82. The number of nitrogens with one attached hydrogen (secondary N) is 4. The van der Waals surface area contributed by atoms with Crippen molar-refractivity contribution < 1.29 is 23.9 Å². The van der Waals surface area contributed by atoms with Crippen molar-refractivity contribution >= 4 is 40.2 Å². The molecule has 2 aromatic carbocycles. The molecule has 8 rings (SSSR count). The summed E-state index contributed by atoms with van der Waals surface area (Å²) in [5, 5.41) is 10.9. The Kier molecular flexibility index (Phi) is 10.9. The number of rotatable bonds is 13. The van der Waals surface area contributed by atoms with Gasteiger partial charge in [0, 0.05) is 42.6 Å². The van der Waals surface area contributed by atoms with E-state index in [1.54, 1.807) is 36.4 Å². The summed E-state index contributed by atoms with van der Waals surface area (Å²) in [6.07, 6.45) is 11.5. The van der Waals surface area contributed by atoms with Crippen molar-refractivity contribution in [1.29, 1.82) is 0 Å². The number of ether oxygens (including phenoxy) is 1. The van der Waals surface area contributed by atoms with Crippen molar-refractivity contribution in [2.24, 2.45) is 5.92 Å². The first kappa shape index (κ1) is 37.4. The van der Waals surface area contributed by atoms with E-state index in [1.807, 2.05) is 0 Å². The highest BCUT2D eigenvalue weighted by Gasteiger charge is 2.45. The normalized spacial score (nSPS) is 20.8. The van der Waals surface area contributed by atoms with Gasteiger partial charge in [-0.2, -0.15) is 4.68 Å². The summed E-state index contributed by atoms with van der Waals surface area (Å²) in [6, 6.07) is 10.6. The lowest BCUT2D eigenvalue weighted by Gasteiger charge is -2.33. The SMILES string of the molecule is O=C1CCC(N2C(=O)c3cccc(NCCCCOc4ccc(-n5nc([C@H]6CCCN(CCC7CCCCC7)C6)[nH]c5=O)c5[nH]c(=O)ccc45)c3C2=O)C(=O)N1. The van der Waals surface area contributed by atoms with Crippen LogP contribution in [0.1, 0.15) is 110 Å². The van der Waals surface area contributed by atoms with E-state index >= 15 is 0 Å². The van der Waals surface area contributed by atoms with Gasteiger partial charge in [-0.1, -0.05) is 38.2 Å². The molecule has 1 aliphatic carbocycles. The molecule has 0 radical (unpaired) electrons. The zero-order chi connectivity index (χ0) is 38.8. The van der Waals surface area contributed by atoms with Crippen LogP contribution in [-0.2, 0) is 9.59 Å². The maximum absolute atomic E-state index is 13.4. The first-order chi connectivity index (χ1) is 27.2. The van der Waals surface area contributed by atoms with E-state index in [0.717, 1.165) is 43.3 Å². The van der Waals surface area contributed by atoms with Gasteiger partial charge in [-0.25, -0.2) is 4.79 Å². The molecule has 15 nitrogen and oxygen atoms in total. The maximum atomic E-state index is 13.4. The van der Waals surface area contributed by atoms with Gasteiger partial charge in [0.25, 0.3) is 11.8 Å². The number of anilines is 1. The fraction of sp³-hybridized carbons (Fsp3) is 0.488. The number of fused-ring (bicyclic) bond motifs is 2. The number of carbonyl (C=O) groups is 4. The van der Waals surface area contributed by atoms with Crippen molar-refractivity contribution in [2.45, 2.75) is 89.0 Å². The number of piperidine rings is 2. The third-order valence-electron chi connectivity index (χ3n) is 11.8. The number of unbranched alkanes of at least 4 members (excludes halogenated alkanes) is 1. The summed E-state index contributed by atoms with van der Waals surface area (Å²) in [5.41, 5.74) is 1.19. The lowest BCUT2D eigenvalue weighted by Crippen LogP contribution is -2.54. The molecule has 2 saturated heterocycles. The Hall–Kier alpha value is -5.57. The van der Waals surface area contributed by atoms with E-state index in [2.05, 4.69) is 25.5 Å². The molecule has 2 aromatic heterocycles. The molecule has 4 amide bonds. The lowest BCUT2D eigenvalue weighted by atomic mass is 9.86. The standard InChI is InChI=1S/C41H48N8O7/c50-33-17-13-27-32(56-23-5-4-20-42-29-12-6-11-28-35(29)40(54)48(39(28)53)31-15-18-34(51)44-38(31)52)16-14-30(36(27)43-33)49-41(55)45-37(46-49)26-10-7-21-47(24-26)22-19-25-8-2-1-3-9-25/h6,11-14,16-17,25-26,31,42H,1-5,7-10,15,18-24H2,(H,43,50)(H,44,51,52)(H,45,46,55)/t26-,31?/m0/s1. The lowest BCUT2D eigenvalue weighted by molar-refractivity contribution is -0.136. The minimum Gasteiger partial charge on any atom is -0.493 e. The molecule has 1 unspecified atom stereocenters.